The second-order valence-electron chi connectivity index (χ2n) is 5.05. The molecule has 1 heterocycles. The van der Waals surface area contributed by atoms with Crippen molar-refractivity contribution in [2.45, 2.75) is 33.0 Å². The molecule has 5 heteroatoms. The lowest BCUT2D eigenvalue weighted by molar-refractivity contribution is -0.121. The summed E-state index contributed by atoms with van der Waals surface area (Å²) < 4.78 is 6.51. The first-order chi connectivity index (χ1) is 8.90. The minimum Gasteiger partial charge on any atom is -0.374 e. The van der Waals surface area contributed by atoms with Crippen LogP contribution in [-0.2, 0) is 9.53 Å². The summed E-state index contributed by atoms with van der Waals surface area (Å²) in [5.41, 5.74) is 0.706. The summed E-state index contributed by atoms with van der Waals surface area (Å²) in [6.07, 6.45) is 0.0511. The van der Waals surface area contributed by atoms with Gasteiger partial charge in [-0.15, -0.1) is 0 Å². The van der Waals surface area contributed by atoms with Gasteiger partial charge in [0, 0.05) is 10.2 Å². The monoisotopic (exact) mass is 345 g/mol. The Balaban J connectivity index is 2.10. The molecule has 4 atom stereocenters. The van der Waals surface area contributed by atoms with Crippen molar-refractivity contribution in [3.8, 4) is 0 Å². The fourth-order valence-corrected chi connectivity index (χ4v) is 2.95. The fourth-order valence-electron chi connectivity index (χ4n) is 2.52. The second-order valence-corrected chi connectivity index (χ2v) is 6.31. The zero-order valence-corrected chi connectivity index (χ0v) is 13.5. The van der Waals surface area contributed by atoms with Crippen LogP contribution >= 0.6 is 27.5 Å². The van der Waals surface area contributed by atoms with Crippen molar-refractivity contribution in [1.82, 2.24) is 0 Å². The summed E-state index contributed by atoms with van der Waals surface area (Å²) in [5, 5.41) is 3.49. The highest BCUT2D eigenvalue weighted by molar-refractivity contribution is 9.10. The van der Waals surface area contributed by atoms with Crippen LogP contribution in [0, 0.1) is 11.8 Å². The van der Waals surface area contributed by atoms with Gasteiger partial charge in [0.1, 0.15) is 0 Å². The highest BCUT2D eigenvalue weighted by atomic mass is 79.9. The molecule has 19 heavy (non-hydrogen) atoms. The van der Waals surface area contributed by atoms with Gasteiger partial charge in [-0.25, -0.2) is 0 Å². The first-order valence-electron chi connectivity index (χ1n) is 6.31. The third-order valence-electron chi connectivity index (χ3n) is 3.73. The number of anilines is 1. The zero-order chi connectivity index (χ0) is 14.2. The maximum absolute atomic E-state index is 12.3. The number of hydrogen-bond acceptors (Lipinski definition) is 2. The van der Waals surface area contributed by atoms with Gasteiger partial charge in [-0.2, -0.15) is 0 Å². The normalized spacial score (nSPS) is 30.4. The van der Waals surface area contributed by atoms with Gasteiger partial charge < -0.3 is 10.1 Å². The number of benzene rings is 1. The van der Waals surface area contributed by atoms with E-state index in [9.17, 15) is 4.79 Å². The molecule has 4 unspecified atom stereocenters. The molecular formula is C14H17BrClNO2. The van der Waals surface area contributed by atoms with Gasteiger partial charge in [0.05, 0.1) is 23.1 Å². The molecule has 0 saturated carbocycles. The van der Waals surface area contributed by atoms with Crippen LogP contribution in [0.25, 0.3) is 0 Å². The van der Waals surface area contributed by atoms with Gasteiger partial charge in [-0.3, -0.25) is 4.79 Å². The number of rotatable bonds is 2. The van der Waals surface area contributed by atoms with Crippen molar-refractivity contribution in [3.05, 3.63) is 27.7 Å². The number of carbonyl (C=O) groups is 1. The van der Waals surface area contributed by atoms with Crippen molar-refractivity contribution >= 4 is 39.1 Å². The molecule has 1 aliphatic heterocycles. The number of ether oxygens (including phenoxy) is 1. The number of hydrogen-bond donors (Lipinski definition) is 1. The van der Waals surface area contributed by atoms with E-state index in [0.717, 1.165) is 4.47 Å². The average molecular weight is 347 g/mol. The van der Waals surface area contributed by atoms with Crippen LogP contribution in [0.2, 0.25) is 5.02 Å². The number of amides is 1. The van der Waals surface area contributed by atoms with Crippen LogP contribution < -0.4 is 5.32 Å². The van der Waals surface area contributed by atoms with Crippen LogP contribution in [0.4, 0.5) is 5.69 Å². The third kappa shape index (κ3) is 3.12. The average Bonchev–Trinajstić information content (AvgIpc) is 2.58. The van der Waals surface area contributed by atoms with Crippen molar-refractivity contribution in [3.63, 3.8) is 0 Å². The molecule has 0 bridgehead atoms. The number of carbonyl (C=O) groups excluding carboxylic acids is 1. The SMILES string of the molecule is CC1OC(C)C(C(=O)Nc2ccc(Br)c(Cl)c2)C1C. The van der Waals surface area contributed by atoms with Gasteiger partial charge in [0.2, 0.25) is 5.91 Å². The van der Waals surface area contributed by atoms with Crippen LogP contribution in [0.5, 0.6) is 0 Å². The van der Waals surface area contributed by atoms with Crippen molar-refractivity contribution in [1.29, 1.82) is 0 Å². The molecule has 104 valence electrons. The van der Waals surface area contributed by atoms with E-state index in [-0.39, 0.29) is 30.0 Å². The van der Waals surface area contributed by atoms with Crippen LogP contribution in [0.3, 0.4) is 0 Å². The smallest absolute Gasteiger partial charge is 0.230 e. The minimum absolute atomic E-state index is 0.0114. The molecule has 0 aliphatic carbocycles. The van der Waals surface area contributed by atoms with Gasteiger partial charge >= 0.3 is 0 Å². The van der Waals surface area contributed by atoms with E-state index in [1.807, 2.05) is 32.9 Å². The van der Waals surface area contributed by atoms with Gasteiger partial charge in [-0.05, 0) is 53.9 Å². The lowest BCUT2D eigenvalue weighted by Crippen LogP contribution is -2.31. The lowest BCUT2D eigenvalue weighted by atomic mass is 9.89. The fraction of sp³-hybridized carbons (Fsp3) is 0.500. The third-order valence-corrected chi connectivity index (χ3v) is 4.96. The Labute approximate surface area is 126 Å². The molecule has 0 aromatic heterocycles. The Hall–Kier alpha value is -0.580. The Morgan fingerprint density at radius 2 is 2.00 bits per heavy atom. The summed E-state index contributed by atoms with van der Waals surface area (Å²) in [6.45, 7) is 6.00. The van der Waals surface area contributed by atoms with Crippen molar-refractivity contribution in [2.75, 3.05) is 5.32 Å². The molecular weight excluding hydrogens is 330 g/mol. The predicted molar refractivity (Wildman–Crippen MR) is 80.4 cm³/mol. The highest BCUT2D eigenvalue weighted by Gasteiger charge is 2.41. The van der Waals surface area contributed by atoms with E-state index in [1.165, 1.54) is 0 Å². The Kier molecular flexibility index (Phi) is 4.54. The van der Waals surface area contributed by atoms with Crippen molar-refractivity contribution in [2.24, 2.45) is 11.8 Å². The van der Waals surface area contributed by atoms with E-state index < -0.39 is 0 Å². The maximum atomic E-state index is 12.3. The summed E-state index contributed by atoms with van der Waals surface area (Å²) in [6, 6.07) is 5.37. The summed E-state index contributed by atoms with van der Waals surface area (Å²) in [4.78, 5) is 12.3. The first kappa shape index (κ1) is 14.8. The van der Waals surface area contributed by atoms with E-state index in [1.54, 1.807) is 6.07 Å². The van der Waals surface area contributed by atoms with Gasteiger partial charge in [0.25, 0.3) is 0 Å². The van der Waals surface area contributed by atoms with E-state index in [0.29, 0.717) is 10.7 Å². The molecule has 1 aromatic rings. The molecule has 0 spiro atoms. The largest absolute Gasteiger partial charge is 0.374 e. The van der Waals surface area contributed by atoms with Crippen LogP contribution in [-0.4, -0.2) is 18.1 Å². The van der Waals surface area contributed by atoms with Crippen LogP contribution in [0.15, 0.2) is 22.7 Å². The van der Waals surface area contributed by atoms with Gasteiger partial charge in [-0.1, -0.05) is 18.5 Å². The topological polar surface area (TPSA) is 38.3 Å². The van der Waals surface area contributed by atoms with Gasteiger partial charge in [0.15, 0.2) is 0 Å². The molecule has 1 aliphatic rings. The highest BCUT2D eigenvalue weighted by Crippen LogP contribution is 2.33. The molecule has 3 nitrogen and oxygen atoms in total. The molecule has 0 radical (unpaired) electrons. The zero-order valence-electron chi connectivity index (χ0n) is 11.1. The quantitative estimate of drug-likeness (QED) is 0.875. The number of nitrogens with one attached hydrogen (secondary N) is 1. The summed E-state index contributed by atoms with van der Waals surface area (Å²) >= 11 is 9.34. The minimum atomic E-state index is -0.127. The predicted octanol–water partition coefficient (Wildman–Crippen LogP) is 4.10. The Morgan fingerprint density at radius 1 is 1.32 bits per heavy atom. The Bertz CT molecular complexity index is 494. The second kappa shape index (κ2) is 5.81. The molecule has 1 amide bonds. The summed E-state index contributed by atoms with van der Waals surface area (Å²) in [5.74, 6) is 0.0704. The molecule has 1 saturated heterocycles. The van der Waals surface area contributed by atoms with E-state index in [2.05, 4.69) is 21.2 Å². The Morgan fingerprint density at radius 3 is 2.53 bits per heavy atom. The maximum Gasteiger partial charge on any atom is 0.230 e. The molecule has 1 fully saturated rings. The molecule has 2 rings (SSSR count). The van der Waals surface area contributed by atoms with Crippen molar-refractivity contribution < 1.29 is 9.53 Å². The molecule has 1 aromatic carbocycles. The summed E-state index contributed by atoms with van der Waals surface area (Å²) in [7, 11) is 0. The lowest BCUT2D eigenvalue weighted by Gasteiger charge is -2.18. The molecule has 1 N–H and O–H groups in total. The first-order valence-corrected chi connectivity index (χ1v) is 7.48. The van der Waals surface area contributed by atoms with E-state index in [4.69, 9.17) is 16.3 Å². The van der Waals surface area contributed by atoms with E-state index >= 15 is 0 Å². The standard InChI is InChI=1S/C14H17BrClNO2/c1-7-8(2)19-9(3)13(7)14(18)17-10-4-5-11(15)12(16)6-10/h4-9,13H,1-3H3,(H,17,18). The van der Waals surface area contributed by atoms with Crippen LogP contribution in [0.1, 0.15) is 20.8 Å². The number of halogens is 2.